The summed E-state index contributed by atoms with van der Waals surface area (Å²) in [6.07, 6.45) is 0. The van der Waals surface area contributed by atoms with E-state index in [0.29, 0.717) is 5.84 Å². The highest BCUT2D eigenvalue weighted by Crippen LogP contribution is 1.53. The van der Waals surface area contributed by atoms with Crippen LogP contribution in [-0.2, 0) is 0 Å². The van der Waals surface area contributed by atoms with Crippen LogP contribution in [0.15, 0.2) is 5.10 Å². The maximum atomic E-state index is 5.14. The molecule has 0 aliphatic rings. The molecular weight excluding hydrogens is 122 g/mol. The van der Waals surface area contributed by atoms with Crippen molar-refractivity contribution in [2.45, 2.75) is 6.92 Å². The Labute approximate surface area is 52.7 Å². The fourth-order valence-corrected chi connectivity index (χ4v) is 0.180. The number of hydrazone groups is 1. The van der Waals surface area contributed by atoms with Gasteiger partial charge in [0.25, 0.3) is 0 Å². The minimum absolute atomic E-state index is 0.418. The number of hydrogen-bond donors (Lipinski definition) is 6. The Morgan fingerprint density at radius 1 is 1.44 bits per heavy atom. The lowest BCUT2D eigenvalue weighted by atomic mass is 10.7. The molecule has 0 amide bonds. The molecular formula is C2H11N7. The fraction of sp³-hybridized carbons (Fsp3) is 0.500. The molecule has 0 saturated heterocycles. The lowest BCUT2D eigenvalue weighted by Gasteiger charge is -2.02. The molecule has 0 unspecified atom stereocenters. The Morgan fingerprint density at radius 2 is 2.11 bits per heavy atom. The fourth-order valence-electron chi connectivity index (χ4n) is 0.180. The van der Waals surface area contributed by atoms with Crippen molar-refractivity contribution >= 4 is 5.84 Å². The standard InChI is InChI=1S/C2H11N7/c1-2(3)5-7-9-8-6-4/h6-9H,4H2,1H3,(H2,3,5). The Kier molecular flexibility index (Phi) is 4.73. The van der Waals surface area contributed by atoms with E-state index in [1.54, 1.807) is 6.92 Å². The van der Waals surface area contributed by atoms with Gasteiger partial charge in [0.2, 0.25) is 0 Å². The molecule has 0 aromatic heterocycles. The lowest BCUT2D eigenvalue weighted by Crippen LogP contribution is -2.52. The van der Waals surface area contributed by atoms with Crippen LogP contribution in [0.5, 0.6) is 0 Å². The van der Waals surface area contributed by atoms with E-state index in [9.17, 15) is 0 Å². The van der Waals surface area contributed by atoms with Crippen LogP contribution in [-0.4, -0.2) is 5.84 Å². The van der Waals surface area contributed by atoms with Gasteiger partial charge in [-0.05, 0) is 6.92 Å². The van der Waals surface area contributed by atoms with Gasteiger partial charge in [-0.2, -0.15) is 16.2 Å². The molecule has 0 rings (SSSR count). The van der Waals surface area contributed by atoms with E-state index >= 15 is 0 Å². The molecule has 0 heterocycles. The van der Waals surface area contributed by atoms with Crippen molar-refractivity contribution in [1.82, 2.24) is 22.1 Å². The van der Waals surface area contributed by atoms with Crippen molar-refractivity contribution in [3.05, 3.63) is 0 Å². The summed E-state index contributed by atoms with van der Waals surface area (Å²) in [5.41, 5.74) is 14.3. The van der Waals surface area contributed by atoms with Gasteiger partial charge in [-0.15, -0.1) is 5.53 Å². The molecule has 9 heavy (non-hydrogen) atoms. The summed E-state index contributed by atoms with van der Waals surface area (Å²) in [6, 6.07) is 0. The summed E-state index contributed by atoms with van der Waals surface area (Å²) in [6.45, 7) is 1.64. The average Bonchev–Trinajstić information content (AvgIpc) is 1.80. The van der Waals surface area contributed by atoms with Gasteiger partial charge in [-0.3, -0.25) is 5.84 Å². The summed E-state index contributed by atoms with van der Waals surface area (Å²) in [7, 11) is 0. The van der Waals surface area contributed by atoms with Gasteiger partial charge < -0.3 is 5.73 Å². The second-order valence-electron chi connectivity index (χ2n) is 1.26. The number of nitrogens with one attached hydrogen (secondary N) is 4. The largest absolute Gasteiger partial charge is 0.386 e. The summed E-state index contributed by atoms with van der Waals surface area (Å²) in [5.74, 6) is 5.22. The Balaban J connectivity index is 3.00. The van der Waals surface area contributed by atoms with Crippen molar-refractivity contribution in [3.63, 3.8) is 0 Å². The quantitative estimate of drug-likeness (QED) is 0.0815. The Hall–Kier alpha value is -0.890. The molecule has 0 radical (unpaired) electrons. The third-order valence-corrected chi connectivity index (χ3v) is 0.423. The normalized spacial score (nSPS) is 11.6. The zero-order valence-electron chi connectivity index (χ0n) is 5.10. The zero-order chi connectivity index (χ0) is 7.11. The van der Waals surface area contributed by atoms with Crippen LogP contribution in [0, 0.1) is 0 Å². The predicted octanol–water partition coefficient (Wildman–Crippen LogP) is -2.74. The minimum atomic E-state index is 0.418. The molecule has 0 aromatic carbocycles. The molecule has 0 spiro atoms. The van der Waals surface area contributed by atoms with E-state index in [1.165, 1.54) is 0 Å². The third-order valence-electron chi connectivity index (χ3n) is 0.423. The van der Waals surface area contributed by atoms with Gasteiger partial charge in [0, 0.05) is 0 Å². The highest BCUT2D eigenvalue weighted by Gasteiger charge is 1.74. The second kappa shape index (κ2) is 5.25. The maximum Gasteiger partial charge on any atom is 0.118 e. The van der Waals surface area contributed by atoms with Gasteiger partial charge in [-0.1, -0.05) is 0 Å². The average molecular weight is 133 g/mol. The monoisotopic (exact) mass is 133 g/mol. The molecule has 54 valence electrons. The first-order valence-electron chi connectivity index (χ1n) is 2.27. The van der Waals surface area contributed by atoms with Gasteiger partial charge in [-0.25, -0.2) is 5.53 Å². The molecule has 0 atom stereocenters. The van der Waals surface area contributed by atoms with Crippen LogP contribution in [0.1, 0.15) is 6.92 Å². The van der Waals surface area contributed by atoms with E-state index in [4.69, 9.17) is 11.6 Å². The summed E-state index contributed by atoms with van der Waals surface area (Å²) in [5, 5.41) is 3.54. The van der Waals surface area contributed by atoms with Gasteiger partial charge >= 0.3 is 0 Å². The molecule has 0 aliphatic heterocycles. The van der Waals surface area contributed by atoms with Crippen molar-refractivity contribution < 1.29 is 0 Å². The molecule has 7 nitrogen and oxygen atoms in total. The van der Waals surface area contributed by atoms with E-state index in [-0.39, 0.29) is 0 Å². The van der Waals surface area contributed by atoms with Crippen molar-refractivity contribution in [3.8, 4) is 0 Å². The molecule has 0 aromatic rings. The molecule has 0 bridgehead atoms. The van der Waals surface area contributed by atoms with Crippen LogP contribution in [0.2, 0.25) is 0 Å². The van der Waals surface area contributed by atoms with Crippen LogP contribution >= 0.6 is 0 Å². The highest BCUT2D eigenvalue weighted by atomic mass is 15.8. The molecule has 7 heteroatoms. The van der Waals surface area contributed by atoms with Gasteiger partial charge in [0.05, 0.1) is 0 Å². The summed E-state index contributed by atoms with van der Waals surface area (Å²) < 4.78 is 0. The van der Waals surface area contributed by atoms with Crippen molar-refractivity contribution in [2.24, 2.45) is 16.7 Å². The number of nitrogens with zero attached hydrogens (tertiary/aromatic N) is 1. The Bertz CT molecular complexity index is 82.9. The first-order chi connectivity index (χ1) is 4.27. The zero-order valence-corrected chi connectivity index (χ0v) is 5.10. The van der Waals surface area contributed by atoms with E-state index < -0.39 is 0 Å². The number of hydrazine groups is 4. The number of nitrogens with two attached hydrogens (primary N) is 2. The molecule has 8 N–H and O–H groups in total. The predicted molar refractivity (Wildman–Crippen MR) is 34.0 cm³/mol. The van der Waals surface area contributed by atoms with E-state index in [2.05, 4.69) is 27.2 Å². The summed E-state index contributed by atoms with van der Waals surface area (Å²) >= 11 is 0. The number of hydrogen-bond acceptors (Lipinski definition) is 6. The first kappa shape index (κ1) is 8.11. The summed E-state index contributed by atoms with van der Waals surface area (Å²) in [4.78, 5) is 0. The first-order valence-corrected chi connectivity index (χ1v) is 2.27. The maximum absolute atomic E-state index is 5.14. The number of rotatable bonds is 4. The Morgan fingerprint density at radius 3 is 2.56 bits per heavy atom. The molecule has 0 aliphatic carbocycles. The van der Waals surface area contributed by atoms with Crippen LogP contribution in [0.4, 0.5) is 0 Å². The van der Waals surface area contributed by atoms with Gasteiger partial charge in [0.15, 0.2) is 0 Å². The minimum Gasteiger partial charge on any atom is -0.386 e. The van der Waals surface area contributed by atoms with Crippen molar-refractivity contribution in [2.75, 3.05) is 0 Å². The topological polar surface area (TPSA) is 113 Å². The van der Waals surface area contributed by atoms with Crippen LogP contribution in [0.3, 0.4) is 0 Å². The lowest BCUT2D eigenvalue weighted by molar-refractivity contribution is 0.382. The highest BCUT2D eigenvalue weighted by molar-refractivity contribution is 5.76. The van der Waals surface area contributed by atoms with Crippen molar-refractivity contribution in [1.29, 1.82) is 0 Å². The van der Waals surface area contributed by atoms with Crippen LogP contribution in [0.25, 0.3) is 0 Å². The third kappa shape index (κ3) is 7.11. The number of amidine groups is 1. The van der Waals surface area contributed by atoms with Crippen LogP contribution < -0.4 is 33.7 Å². The SMILES string of the molecule is CC(N)=NNNNNN. The molecule has 0 saturated carbocycles. The van der Waals surface area contributed by atoms with Gasteiger partial charge in [0.1, 0.15) is 5.84 Å². The second-order valence-corrected chi connectivity index (χ2v) is 1.26. The van der Waals surface area contributed by atoms with E-state index in [1.807, 2.05) is 0 Å². The smallest absolute Gasteiger partial charge is 0.118 e. The molecule has 0 fully saturated rings. The van der Waals surface area contributed by atoms with E-state index in [0.717, 1.165) is 0 Å².